The zero-order valence-electron chi connectivity index (χ0n) is 42.7. The van der Waals surface area contributed by atoms with Gasteiger partial charge in [0.05, 0.1) is 0 Å². The normalized spacial score (nSPS) is 12.6. The van der Waals surface area contributed by atoms with Gasteiger partial charge < -0.3 is 14.2 Å². The van der Waals surface area contributed by atoms with Gasteiger partial charge in [0.1, 0.15) is 13.2 Å². The van der Waals surface area contributed by atoms with Gasteiger partial charge >= 0.3 is 17.9 Å². The Morgan fingerprint density at radius 2 is 0.600 bits per heavy atom. The summed E-state index contributed by atoms with van der Waals surface area (Å²) in [5.41, 5.74) is 0. The fourth-order valence-electron chi connectivity index (χ4n) is 7.54. The van der Waals surface area contributed by atoms with Crippen molar-refractivity contribution in [1.82, 2.24) is 0 Å². The van der Waals surface area contributed by atoms with E-state index in [0.717, 1.165) is 109 Å². The van der Waals surface area contributed by atoms with Crippen molar-refractivity contribution < 1.29 is 28.6 Å². The van der Waals surface area contributed by atoms with Crippen molar-refractivity contribution >= 4 is 17.9 Å². The highest BCUT2D eigenvalue weighted by molar-refractivity contribution is 5.71. The second-order valence-corrected chi connectivity index (χ2v) is 18.1. The molecular formula is C59H102O6. The molecule has 6 nitrogen and oxygen atoms in total. The summed E-state index contributed by atoms with van der Waals surface area (Å²) in [4.78, 5) is 38.1. The maximum atomic E-state index is 12.8. The van der Waals surface area contributed by atoms with Crippen molar-refractivity contribution in [3.8, 4) is 0 Å². The van der Waals surface area contributed by atoms with Crippen molar-refractivity contribution in [3.05, 3.63) is 72.9 Å². The van der Waals surface area contributed by atoms with E-state index in [1.165, 1.54) is 116 Å². The first-order valence-electron chi connectivity index (χ1n) is 27.4. The Bertz CT molecular complexity index is 1230. The van der Waals surface area contributed by atoms with Gasteiger partial charge in [-0.05, 0) is 109 Å². The average Bonchev–Trinajstić information content (AvgIpc) is 3.30. The monoisotopic (exact) mass is 907 g/mol. The molecular weight excluding hydrogens is 805 g/mol. The van der Waals surface area contributed by atoms with Gasteiger partial charge in [-0.2, -0.15) is 0 Å². The molecule has 0 aliphatic heterocycles. The molecule has 0 aromatic heterocycles. The summed E-state index contributed by atoms with van der Waals surface area (Å²) in [7, 11) is 0. The molecule has 0 saturated carbocycles. The Morgan fingerprint density at radius 1 is 0.323 bits per heavy atom. The summed E-state index contributed by atoms with van der Waals surface area (Å²) >= 11 is 0. The van der Waals surface area contributed by atoms with E-state index in [9.17, 15) is 14.4 Å². The first kappa shape index (κ1) is 61.9. The Hall–Kier alpha value is -3.15. The molecule has 0 N–H and O–H groups in total. The number of hydrogen-bond donors (Lipinski definition) is 0. The van der Waals surface area contributed by atoms with Crippen LogP contribution in [0.5, 0.6) is 0 Å². The lowest BCUT2D eigenvalue weighted by Gasteiger charge is -2.18. The van der Waals surface area contributed by atoms with Crippen molar-refractivity contribution in [2.24, 2.45) is 0 Å². The standard InChI is InChI=1S/C59H102O6/c1-4-7-10-13-16-19-22-25-28-29-32-34-37-40-43-46-49-52-58(61)64-55-56(65-59(62)53-50-47-44-41-38-35-31-27-24-21-18-15-12-9-6-3)54-63-57(60)51-48-45-42-39-36-33-30-26-23-20-17-14-11-8-5-2/h9,12,16,18-21,23,25,27-28,31,56H,4-8,10-11,13-15,17,22,24,26,29-30,32-55H2,1-3H3/b12-9+,19-16+,21-18+,23-20+,28-25+,31-27+/t56-/m1/s1. The van der Waals surface area contributed by atoms with Crippen LogP contribution in [0.2, 0.25) is 0 Å². The SMILES string of the molecule is CC/C=C/C/C=C/C/C=C/CCCCCCCC(=O)O[C@@H](COC(=O)CCCCCCCCC/C=C/C/C=C/CCCCC)COC(=O)CCCCCCCCC/C=C/CCCCCC. The van der Waals surface area contributed by atoms with E-state index in [0.29, 0.717) is 19.3 Å². The fourth-order valence-corrected chi connectivity index (χ4v) is 7.54. The quantitative estimate of drug-likeness (QED) is 0.0262. The summed E-state index contributed by atoms with van der Waals surface area (Å²) < 4.78 is 16.8. The largest absolute Gasteiger partial charge is 0.462 e. The molecule has 0 aromatic carbocycles. The molecule has 0 spiro atoms. The van der Waals surface area contributed by atoms with E-state index in [1.807, 2.05) is 0 Å². The maximum absolute atomic E-state index is 12.8. The van der Waals surface area contributed by atoms with Gasteiger partial charge in [0.25, 0.3) is 0 Å². The van der Waals surface area contributed by atoms with Gasteiger partial charge in [-0.15, -0.1) is 0 Å². The Labute approximate surface area is 402 Å². The molecule has 0 aliphatic rings. The number of hydrogen-bond acceptors (Lipinski definition) is 6. The number of unbranched alkanes of at least 4 members (excludes halogenated alkanes) is 26. The second kappa shape index (κ2) is 53.5. The highest BCUT2D eigenvalue weighted by Gasteiger charge is 2.19. The fraction of sp³-hybridized carbons (Fsp3) is 0.746. The number of carbonyl (C=O) groups is 3. The first-order valence-corrected chi connectivity index (χ1v) is 27.4. The Balaban J connectivity index is 4.42. The van der Waals surface area contributed by atoms with Crippen LogP contribution in [-0.2, 0) is 28.6 Å². The molecule has 65 heavy (non-hydrogen) atoms. The zero-order chi connectivity index (χ0) is 47.2. The van der Waals surface area contributed by atoms with E-state index < -0.39 is 6.10 Å². The minimum Gasteiger partial charge on any atom is -0.462 e. The third kappa shape index (κ3) is 51.7. The van der Waals surface area contributed by atoms with E-state index in [4.69, 9.17) is 14.2 Å². The molecule has 0 aliphatic carbocycles. The van der Waals surface area contributed by atoms with E-state index in [1.54, 1.807) is 0 Å². The van der Waals surface area contributed by atoms with Crippen molar-refractivity contribution in [2.75, 3.05) is 13.2 Å². The molecule has 6 heteroatoms. The van der Waals surface area contributed by atoms with Gasteiger partial charge in [0.2, 0.25) is 0 Å². The summed E-state index contributed by atoms with van der Waals surface area (Å²) in [6.45, 7) is 6.48. The second-order valence-electron chi connectivity index (χ2n) is 18.1. The van der Waals surface area contributed by atoms with Crippen LogP contribution in [-0.4, -0.2) is 37.2 Å². The summed E-state index contributed by atoms with van der Waals surface area (Å²) in [5.74, 6) is -0.911. The first-order chi connectivity index (χ1) is 32.0. The van der Waals surface area contributed by atoms with E-state index in [2.05, 4.69) is 93.7 Å². The van der Waals surface area contributed by atoms with Crippen LogP contribution >= 0.6 is 0 Å². The number of carbonyl (C=O) groups excluding carboxylic acids is 3. The third-order valence-corrected chi connectivity index (χ3v) is 11.7. The Kier molecular flexibility index (Phi) is 50.9. The third-order valence-electron chi connectivity index (χ3n) is 11.7. The predicted molar refractivity (Wildman–Crippen MR) is 279 cm³/mol. The number of rotatable bonds is 49. The lowest BCUT2D eigenvalue weighted by atomic mass is 10.1. The lowest BCUT2D eigenvalue weighted by molar-refractivity contribution is -0.167. The van der Waals surface area contributed by atoms with Gasteiger partial charge in [0, 0.05) is 19.3 Å². The van der Waals surface area contributed by atoms with Crippen LogP contribution in [0, 0.1) is 0 Å². The molecule has 1 atom stereocenters. The number of esters is 3. The van der Waals surface area contributed by atoms with Crippen LogP contribution in [0.15, 0.2) is 72.9 Å². The summed E-state index contributed by atoms with van der Waals surface area (Å²) in [6, 6.07) is 0. The lowest BCUT2D eigenvalue weighted by Crippen LogP contribution is -2.30. The molecule has 0 heterocycles. The van der Waals surface area contributed by atoms with Crippen LogP contribution < -0.4 is 0 Å². The minimum absolute atomic E-state index is 0.0871. The van der Waals surface area contributed by atoms with E-state index >= 15 is 0 Å². The van der Waals surface area contributed by atoms with Crippen molar-refractivity contribution in [3.63, 3.8) is 0 Å². The van der Waals surface area contributed by atoms with Crippen LogP contribution in [0.25, 0.3) is 0 Å². The van der Waals surface area contributed by atoms with Crippen LogP contribution in [0.4, 0.5) is 0 Å². The average molecular weight is 907 g/mol. The van der Waals surface area contributed by atoms with Gasteiger partial charge in [-0.1, -0.05) is 209 Å². The highest BCUT2D eigenvalue weighted by Crippen LogP contribution is 2.14. The molecule has 0 fully saturated rings. The summed E-state index contributed by atoms with van der Waals surface area (Å²) in [5, 5.41) is 0. The minimum atomic E-state index is -0.789. The summed E-state index contributed by atoms with van der Waals surface area (Å²) in [6.07, 6.45) is 67.4. The molecule has 0 bridgehead atoms. The zero-order valence-corrected chi connectivity index (χ0v) is 42.7. The van der Waals surface area contributed by atoms with Gasteiger partial charge in [-0.3, -0.25) is 14.4 Å². The number of allylic oxidation sites excluding steroid dienone is 12. The van der Waals surface area contributed by atoms with Gasteiger partial charge in [-0.25, -0.2) is 0 Å². The smallest absolute Gasteiger partial charge is 0.306 e. The molecule has 0 aromatic rings. The molecule has 0 rings (SSSR count). The van der Waals surface area contributed by atoms with Crippen molar-refractivity contribution in [2.45, 2.75) is 271 Å². The number of ether oxygens (including phenoxy) is 3. The Morgan fingerprint density at radius 3 is 0.985 bits per heavy atom. The van der Waals surface area contributed by atoms with Crippen molar-refractivity contribution in [1.29, 1.82) is 0 Å². The molecule has 0 unspecified atom stereocenters. The molecule has 0 amide bonds. The van der Waals surface area contributed by atoms with Gasteiger partial charge in [0.15, 0.2) is 6.10 Å². The maximum Gasteiger partial charge on any atom is 0.306 e. The predicted octanol–water partition coefficient (Wildman–Crippen LogP) is 18.2. The highest BCUT2D eigenvalue weighted by atomic mass is 16.6. The molecule has 0 saturated heterocycles. The van der Waals surface area contributed by atoms with Crippen LogP contribution in [0.1, 0.15) is 265 Å². The van der Waals surface area contributed by atoms with Crippen LogP contribution in [0.3, 0.4) is 0 Å². The topological polar surface area (TPSA) is 78.9 Å². The molecule has 0 radical (unpaired) electrons. The molecule has 374 valence electrons. The van der Waals surface area contributed by atoms with E-state index in [-0.39, 0.29) is 31.1 Å².